The Morgan fingerprint density at radius 2 is 1.81 bits per heavy atom. The fourth-order valence-electron chi connectivity index (χ4n) is 5.51. The van der Waals surface area contributed by atoms with Gasteiger partial charge < -0.3 is 19.5 Å². The van der Waals surface area contributed by atoms with Gasteiger partial charge in [-0.05, 0) is 43.2 Å². The van der Waals surface area contributed by atoms with E-state index >= 15 is 0 Å². The van der Waals surface area contributed by atoms with Crippen molar-refractivity contribution in [3.63, 3.8) is 0 Å². The van der Waals surface area contributed by atoms with E-state index in [4.69, 9.17) is 9.26 Å². The van der Waals surface area contributed by atoms with Crippen LogP contribution in [-0.2, 0) is 13.1 Å². The number of piperidine rings is 1. The molecule has 4 heterocycles. The first kappa shape index (κ1) is 23.0. The van der Waals surface area contributed by atoms with Gasteiger partial charge in [-0.15, -0.1) is 0 Å². The summed E-state index contributed by atoms with van der Waals surface area (Å²) in [5.41, 5.74) is 3.10. The van der Waals surface area contributed by atoms with Gasteiger partial charge in [0.1, 0.15) is 5.75 Å². The Bertz CT molecular complexity index is 1280. The number of benzene rings is 2. The fourth-order valence-corrected chi connectivity index (χ4v) is 5.51. The number of para-hydroxylation sites is 2. The molecule has 0 radical (unpaired) electrons. The number of nitrogens with zero attached hydrogens (tertiary/aromatic N) is 4. The third-order valence-corrected chi connectivity index (χ3v) is 7.46. The Labute approximate surface area is 212 Å². The van der Waals surface area contributed by atoms with Gasteiger partial charge in [0, 0.05) is 63.0 Å². The normalized spacial score (nSPS) is 20.4. The van der Waals surface area contributed by atoms with Gasteiger partial charge in [-0.25, -0.2) is 0 Å². The van der Waals surface area contributed by atoms with E-state index in [0.717, 1.165) is 74.1 Å². The molecule has 186 valence electrons. The topological polar surface area (TPSA) is 66.7 Å². The van der Waals surface area contributed by atoms with Gasteiger partial charge in [0.15, 0.2) is 11.4 Å². The van der Waals surface area contributed by atoms with Crippen LogP contribution in [0.4, 0.5) is 5.82 Å². The summed E-state index contributed by atoms with van der Waals surface area (Å²) in [4.78, 5) is 9.44. The zero-order chi connectivity index (χ0) is 24.2. The molecule has 4 aromatic rings. The number of anilines is 1. The average Bonchev–Trinajstić information content (AvgIpc) is 3.37. The van der Waals surface area contributed by atoms with Gasteiger partial charge >= 0.3 is 0 Å². The lowest BCUT2D eigenvalue weighted by molar-refractivity contribution is 0.0724. The van der Waals surface area contributed by atoms with Crippen LogP contribution in [-0.4, -0.2) is 53.9 Å². The van der Waals surface area contributed by atoms with E-state index < -0.39 is 0 Å². The minimum absolute atomic E-state index is 0.551. The number of hydrogen-bond donors (Lipinski definition) is 1. The van der Waals surface area contributed by atoms with Crippen molar-refractivity contribution in [2.45, 2.75) is 32.0 Å². The molecule has 2 saturated heterocycles. The quantitative estimate of drug-likeness (QED) is 0.396. The number of pyridine rings is 1. The van der Waals surface area contributed by atoms with Crippen LogP contribution in [0.15, 0.2) is 77.4 Å². The van der Waals surface area contributed by atoms with Gasteiger partial charge in [0.05, 0.1) is 17.7 Å². The molecule has 0 aliphatic carbocycles. The molecular formula is C29H33N5O2. The van der Waals surface area contributed by atoms with E-state index in [9.17, 15) is 0 Å². The Morgan fingerprint density at radius 1 is 0.917 bits per heavy atom. The Kier molecular flexibility index (Phi) is 6.83. The molecule has 1 N–H and O–H groups in total. The minimum atomic E-state index is 0.551. The number of rotatable bonds is 8. The maximum atomic E-state index is 6.37. The second kappa shape index (κ2) is 10.7. The Morgan fingerprint density at radius 3 is 2.75 bits per heavy atom. The molecule has 2 aliphatic rings. The summed E-state index contributed by atoms with van der Waals surface area (Å²) in [5, 5.41) is 8.99. The number of hydrogen-bond acceptors (Lipinski definition) is 7. The molecular weight excluding hydrogens is 450 g/mol. The molecule has 2 atom stereocenters. The van der Waals surface area contributed by atoms with E-state index in [2.05, 4.69) is 61.7 Å². The van der Waals surface area contributed by atoms with Crippen molar-refractivity contribution in [1.29, 1.82) is 0 Å². The van der Waals surface area contributed by atoms with Crippen molar-refractivity contribution < 1.29 is 9.26 Å². The maximum Gasteiger partial charge on any atom is 0.180 e. The van der Waals surface area contributed by atoms with E-state index in [0.29, 0.717) is 12.0 Å². The number of piperazine rings is 1. The first-order valence-corrected chi connectivity index (χ1v) is 13.0. The van der Waals surface area contributed by atoms with Crippen LogP contribution in [0.5, 0.6) is 5.75 Å². The molecule has 0 amide bonds. The van der Waals surface area contributed by atoms with E-state index in [-0.39, 0.29) is 0 Å². The Balaban J connectivity index is 1.01. The monoisotopic (exact) mass is 483 g/mol. The van der Waals surface area contributed by atoms with Gasteiger partial charge in [-0.1, -0.05) is 41.6 Å². The van der Waals surface area contributed by atoms with Crippen LogP contribution in [0.2, 0.25) is 0 Å². The average molecular weight is 484 g/mol. The second-order valence-corrected chi connectivity index (χ2v) is 9.88. The molecule has 7 heteroatoms. The van der Waals surface area contributed by atoms with Crippen molar-refractivity contribution in [3.8, 4) is 5.75 Å². The molecule has 6 rings (SSSR count). The highest BCUT2D eigenvalue weighted by molar-refractivity contribution is 5.88. The Hall–Kier alpha value is -3.42. The summed E-state index contributed by atoms with van der Waals surface area (Å²) < 4.78 is 11.9. The molecule has 2 fully saturated rings. The van der Waals surface area contributed by atoms with E-state index in [1.165, 1.54) is 18.4 Å². The van der Waals surface area contributed by atoms with Crippen molar-refractivity contribution >= 4 is 16.8 Å². The summed E-state index contributed by atoms with van der Waals surface area (Å²) >= 11 is 0. The predicted octanol–water partition coefficient (Wildman–Crippen LogP) is 4.49. The molecule has 2 aromatic heterocycles. The van der Waals surface area contributed by atoms with Crippen molar-refractivity contribution in [3.05, 3.63) is 84.2 Å². The predicted molar refractivity (Wildman–Crippen MR) is 141 cm³/mol. The second-order valence-electron chi connectivity index (χ2n) is 9.88. The SMILES string of the molecule is c1ccc(CNCc2ccccc2OCC2CCC3CN(c4noc5ccccc45)CCN3C2)nc1. The van der Waals surface area contributed by atoms with Crippen LogP contribution in [0, 0.1) is 5.92 Å². The van der Waals surface area contributed by atoms with Gasteiger partial charge in [0.25, 0.3) is 0 Å². The smallest absolute Gasteiger partial charge is 0.180 e. The fraction of sp³-hybridized carbons (Fsp3) is 0.379. The first-order valence-electron chi connectivity index (χ1n) is 13.0. The summed E-state index contributed by atoms with van der Waals surface area (Å²) in [7, 11) is 0. The minimum Gasteiger partial charge on any atom is -0.493 e. The lowest BCUT2D eigenvalue weighted by atomic mass is 9.91. The maximum absolute atomic E-state index is 6.37. The summed E-state index contributed by atoms with van der Waals surface area (Å²) in [6, 6.07) is 23.1. The summed E-state index contributed by atoms with van der Waals surface area (Å²) in [6.07, 6.45) is 4.21. The van der Waals surface area contributed by atoms with Crippen LogP contribution in [0.3, 0.4) is 0 Å². The van der Waals surface area contributed by atoms with E-state index in [1.54, 1.807) is 0 Å². The zero-order valence-corrected chi connectivity index (χ0v) is 20.6. The molecule has 0 spiro atoms. The van der Waals surface area contributed by atoms with Crippen molar-refractivity contribution in [2.75, 3.05) is 37.7 Å². The van der Waals surface area contributed by atoms with Crippen LogP contribution in [0.1, 0.15) is 24.1 Å². The molecule has 0 saturated carbocycles. The zero-order valence-electron chi connectivity index (χ0n) is 20.6. The first-order chi connectivity index (χ1) is 17.8. The highest BCUT2D eigenvalue weighted by atomic mass is 16.5. The molecule has 0 bridgehead atoms. The third-order valence-electron chi connectivity index (χ3n) is 7.46. The highest BCUT2D eigenvalue weighted by Crippen LogP contribution is 2.31. The van der Waals surface area contributed by atoms with E-state index in [1.807, 2.05) is 36.5 Å². The molecule has 2 aromatic carbocycles. The molecule has 7 nitrogen and oxygen atoms in total. The summed E-state index contributed by atoms with van der Waals surface area (Å²) in [5.74, 6) is 2.52. The standard InChI is InChI=1S/C29H33N5O2/c1-3-10-27(23(7-1)17-30-18-24-8-5-6-14-31-24)35-21-22-12-13-25-20-34(16-15-33(25)19-22)29-26-9-2-4-11-28(26)36-32-29/h1-11,14,22,25,30H,12-13,15-21H2. The van der Waals surface area contributed by atoms with Crippen LogP contribution >= 0.6 is 0 Å². The lowest BCUT2D eigenvalue weighted by Gasteiger charge is -2.46. The van der Waals surface area contributed by atoms with Crippen LogP contribution in [0.25, 0.3) is 11.0 Å². The number of nitrogens with one attached hydrogen (secondary N) is 1. The number of fused-ring (bicyclic) bond motifs is 2. The third kappa shape index (κ3) is 5.08. The van der Waals surface area contributed by atoms with Crippen molar-refractivity contribution in [1.82, 2.24) is 20.4 Å². The molecule has 2 unspecified atom stereocenters. The van der Waals surface area contributed by atoms with Gasteiger partial charge in [-0.3, -0.25) is 9.88 Å². The summed E-state index contributed by atoms with van der Waals surface area (Å²) in [6.45, 7) is 6.40. The van der Waals surface area contributed by atoms with Crippen LogP contribution < -0.4 is 15.0 Å². The van der Waals surface area contributed by atoms with Crippen molar-refractivity contribution in [2.24, 2.45) is 5.92 Å². The number of aromatic nitrogens is 2. The molecule has 2 aliphatic heterocycles. The highest BCUT2D eigenvalue weighted by Gasteiger charge is 2.34. The van der Waals surface area contributed by atoms with Gasteiger partial charge in [-0.2, -0.15) is 0 Å². The lowest BCUT2D eigenvalue weighted by Crippen LogP contribution is -2.57. The molecule has 36 heavy (non-hydrogen) atoms. The van der Waals surface area contributed by atoms with Gasteiger partial charge in [0.2, 0.25) is 0 Å². The number of ether oxygens (including phenoxy) is 1. The largest absolute Gasteiger partial charge is 0.493 e.